The van der Waals surface area contributed by atoms with E-state index >= 15 is 0 Å². The molecular formula is C19H28N4O3. The van der Waals surface area contributed by atoms with E-state index in [-0.39, 0.29) is 24.1 Å². The second-order valence-corrected chi connectivity index (χ2v) is 7.87. The average molecular weight is 360 g/mol. The van der Waals surface area contributed by atoms with Crippen molar-refractivity contribution in [2.75, 3.05) is 32.9 Å². The van der Waals surface area contributed by atoms with Crippen LogP contribution in [0, 0.1) is 5.92 Å². The maximum absolute atomic E-state index is 11.4. The molecule has 3 aliphatic rings. The molecule has 4 heterocycles. The van der Waals surface area contributed by atoms with E-state index in [1.807, 2.05) is 12.1 Å². The van der Waals surface area contributed by atoms with Crippen LogP contribution in [-0.4, -0.2) is 61.1 Å². The first-order valence-electron chi connectivity index (χ1n) is 9.51. The Hall–Kier alpha value is -1.54. The third-order valence-corrected chi connectivity index (χ3v) is 6.20. The normalized spacial score (nSPS) is 36.7. The van der Waals surface area contributed by atoms with Crippen LogP contribution < -0.4 is 16.0 Å². The molecule has 0 aromatic carbocycles. The predicted molar refractivity (Wildman–Crippen MR) is 96.7 cm³/mol. The standard InChI is InChI=1S/C19H28N4O3/c1-12(25)22-18-7-13-14(8-20-16(13)9-21-18)15-3-2-4-17(23-15)19(10-24)5-6-26-11-19/h2-4,13-14,16,18,20-21,24H,5-11H2,1H3,(H,22,25). The van der Waals surface area contributed by atoms with Crippen LogP contribution in [0.25, 0.3) is 0 Å². The SMILES string of the molecule is CC(=O)NC1CC2C(CN1)NCC2c1cccc(C2(CO)CCOC2)n1. The fraction of sp³-hybridized carbons (Fsp3) is 0.684. The van der Waals surface area contributed by atoms with Crippen LogP contribution in [0.5, 0.6) is 0 Å². The van der Waals surface area contributed by atoms with Gasteiger partial charge in [0.05, 0.1) is 30.5 Å². The molecule has 3 aliphatic heterocycles. The summed E-state index contributed by atoms with van der Waals surface area (Å²) in [7, 11) is 0. The van der Waals surface area contributed by atoms with Crippen molar-refractivity contribution >= 4 is 5.91 Å². The number of aromatic nitrogens is 1. The van der Waals surface area contributed by atoms with E-state index in [4.69, 9.17) is 9.72 Å². The Morgan fingerprint density at radius 2 is 2.31 bits per heavy atom. The maximum Gasteiger partial charge on any atom is 0.218 e. The number of ether oxygens (including phenoxy) is 1. The molecule has 0 saturated carbocycles. The summed E-state index contributed by atoms with van der Waals surface area (Å²) < 4.78 is 5.55. The van der Waals surface area contributed by atoms with Crippen LogP contribution in [0.4, 0.5) is 0 Å². The van der Waals surface area contributed by atoms with Gasteiger partial charge in [-0.1, -0.05) is 6.07 Å². The Bertz CT molecular complexity index is 662. The zero-order valence-electron chi connectivity index (χ0n) is 15.2. The zero-order chi connectivity index (χ0) is 18.1. The highest BCUT2D eigenvalue weighted by Gasteiger charge is 2.43. The molecule has 0 spiro atoms. The summed E-state index contributed by atoms with van der Waals surface area (Å²) in [5.74, 6) is 0.742. The third kappa shape index (κ3) is 3.24. The van der Waals surface area contributed by atoms with Gasteiger partial charge in [0.1, 0.15) is 0 Å². The second-order valence-electron chi connectivity index (χ2n) is 7.87. The maximum atomic E-state index is 11.4. The highest BCUT2D eigenvalue weighted by molar-refractivity contribution is 5.73. The molecule has 0 radical (unpaired) electrons. The smallest absolute Gasteiger partial charge is 0.218 e. The summed E-state index contributed by atoms with van der Waals surface area (Å²) in [6.07, 6.45) is 1.72. The van der Waals surface area contributed by atoms with Crippen molar-refractivity contribution in [2.45, 2.75) is 43.3 Å². The van der Waals surface area contributed by atoms with Gasteiger partial charge in [-0.15, -0.1) is 0 Å². The molecule has 5 unspecified atom stereocenters. The Kier molecular flexibility index (Phi) is 4.96. The van der Waals surface area contributed by atoms with Gasteiger partial charge in [0.15, 0.2) is 0 Å². The van der Waals surface area contributed by atoms with Crippen LogP contribution in [0.3, 0.4) is 0 Å². The Morgan fingerprint density at radius 1 is 1.42 bits per heavy atom. The first-order valence-corrected chi connectivity index (χ1v) is 9.51. The molecule has 4 N–H and O–H groups in total. The first kappa shape index (κ1) is 17.9. The first-order chi connectivity index (χ1) is 12.6. The minimum Gasteiger partial charge on any atom is -0.395 e. The summed E-state index contributed by atoms with van der Waals surface area (Å²) in [5, 5.41) is 19.9. The molecule has 7 nitrogen and oxygen atoms in total. The molecular weight excluding hydrogens is 332 g/mol. The molecule has 26 heavy (non-hydrogen) atoms. The van der Waals surface area contributed by atoms with Crippen molar-refractivity contribution in [3.63, 3.8) is 0 Å². The second kappa shape index (κ2) is 7.23. The van der Waals surface area contributed by atoms with Crippen LogP contribution >= 0.6 is 0 Å². The van der Waals surface area contributed by atoms with Crippen LogP contribution in [0.15, 0.2) is 18.2 Å². The lowest BCUT2D eigenvalue weighted by Gasteiger charge is -2.35. The number of fused-ring (bicyclic) bond motifs is 1. The molecule has 5 atom stereocenters. The lowest BCUT2D eigenvalue weighted by atomic mass is 9.81. The quantitative estimate of drug-likeness (QED) is 0.597. The average Bonchev–Trinajstić information content (AvgIpc) is 3.29. The molecule has 3 saturated heterocycles. The Balaban J connectivity index is 1.55. The number of nitrogens with one attached hydrogen (secondary N) is 3. The van der Waals surface area contributed by atoms with Crippen LogP contribution in [0.1, 0.15) is 37.1 Å². The van der Waals surface area contributed by atoms with Gasteiger partial charge in [-0.05, 0) is 30.9 Å². The van der Waals surface area contributed by atoms with E-state index in [0.717, 1.165) is 37.3 Å². The molecule has 142 valence electrons. The summed E-state index contributed by atoms with van der Waals surface area (Å²) >= 11 is 0. The molecule has 3 fully saturated rings. The van der Waals surface area contributed by atoms with Crippen LogP contribution in [0.2, 0.25) is 0 Å². The number of pyridine rings is 1. The number of aliphatic hydroxyl groups is 1. The third-order valence-electron chi connectivity index (χ3n) is 6.20. The van der Waals surface area contributed by atoms with E-state index < -0.39 is 0 Å². The summed E-state index contributed by atoms with van der Waals surface area (Å²) in [6, 6.07) is 6.55. The highest BCUT2D eigenvalue weighted by atomic mass is 16.5. The fourth-order valence-electron chi connectivity index (χ4n) is 4.69. The highest BCUT2D eigenvalue weighted by Crippen LogP contribution is 2.37. The minimum atomic E-state index is -0.367. The van der Waals surface area contributed by atoms with E-state index in [1.54, 1.807) is 6.92 Å². The van der Waals surface area contributed by atoms with Gasteiger partial charge < -0.3 is 20.5 Å². The summed E-state index contributed by atoms with van der Waals surface area (Å²) in [5.41, 5.74) is 1.64. The monoisotopic (exact) mass is 360 g/mol. The van der Waals surface area contributed by atoms with Crippen molar-refractivity contribution in [1.29, 1.82) is 0 Å². The fourth-order valence-corrected chi connectivity index (χ4v) is 4.69. The van der Waals surface area contributed by atoms with Gasteiger partial charge in [0.25, 0.3) is 0 Å². The molecule has 1 aromatic heterocycles. The number of aliphatic hydroxyl groups excluding tert-OH is 1. The van der Waals surface area contributed by atoms with Gasteiger partial charge >= 0.3 is 0 Å². The number of nitrogens with zero attached hydrogens (tertiary/aromatic N) is 1. The molecule has 1 amide bonds. The van der Waals surface area contributed by atoms with Crippen LogP contribution in [-0.2, 0) is 14.9 Å². The van der Waals surface area contributed by atoms with Gasteiger partial charge in [-0.2, -0.15) is 0 Å². The van der Waals surface area contributed by atoms with Crippen molar-refractivity contribution < 1.29 is 14.6 Å². The topological polar surface area (TPSA) is 95.5 Å². The number of amides is 1. The number of piperidine rings is 1. The van der Waals surface area contributed by atoms with Crippen molar-refractivity contribution in [3.8, 4) is 0 Å². The van der Waals surface area contributed by atoms with Crippen molar-refractivity contribution in [2.24, 2.45) is 5.92 Å². The number of rotatable bonds is 4. The van der Waals surface area contributed by atoms with E-state index in [1.165, 1.54) is 0 Å². The molecule has 1 aromatic rings. The zero-order valence-corrected chi connectivity index (χ0v) is 15.2. The van der Waals surface area contributed by atoms with Gasteiger partial charge in [-0.3, -0.25) is 15.1 Å². The van der Waals surface area contributed by atoms with Crippen molar-refractivity contribution in [1.82, 2.24) is 20.9 Å². The molecule has 7 heteroatoms. The largest absolute Gasteiger partial charge is 0.395 e. The Morgan fingerprint density at radius 3 is 3.04 bits per heavy atom. The Labute approximate surface area is 153 Å². The number of hydrogen-bond donors (Lipinski definition) is 4. The molecule has 0 bridgehead atoms. The molecule has 4 rings (SSSR count). The van der Waals surface area contributed by atoms with E-state index in [2.05, 4.69) is 22.0 Å². The number of carbonyl (C=O) groups excluding carboxylic acids is 1. The molecule has 0 aliphatic carbocycles. The number of carbonyl (C=O) groups is 1. The van der Waals surface area contributed by atoms with Gasteiger partial charge in [0.2, 0.25) is 5.91 Å². The van der Waals surface area contributed by atoms with Gasteiger partial charge in [-0.25, -0.2) is 0 Å². The van der Waals surface area contributed by atoms with E-state index in [0.29, 0.717) is 31.1 Å². The van der Waals surface area contributed by atoms with Gasteiger partial charge in [0, 0.05) is 44.3 Å². The lowest BCUT2D eigenvalue weighted by molar-refractivity contribution is -0.120. The predicted octanol–water partition coefficient (Wildman–Crippen LogP) is -0.141. The minimum absolute atomic E-state index is 0.00491. The summed E-state index contributed by atoms with van der Waals surface area (Å²) in [4.78, 5) is 16.4. The lowest BCUT2D eigenvalue weighted by Crippen LogP contribution is -2.55. The van der Waals surface area contributed by atoms with E-state index in [9.17, 15) is 9.90 Å². The van der Waals surface area contributed by atoms with Crippen molar-refractivity contribution in [3.05, 3.63) is 29.6 Å². The summed E-state index contributed by atoms with van der Waals surface area (Å²) in [6.45, 7) is 4.56. The number of hydrogen-bond acceptors (Lipinski definition) is 6.